The van der Waals surface area contributed by atoms with Crippen molar-refractivity contribution in [3.05, 3.63) is 71.8 Å². The van der Waals surface area contributed by atoms with E-state index in [0.717, 1.165) is 22.6 Å². The number of carbonyl (C=O) groups excluding carboxylic acids is 2. The van der Waals surface area contributed by atoms with Crippen LogP contribution in [0.4, 0.5) is 0 Å². The number of carbonyl (C=O) groups is 2. The van der Waals surface area contributed by atoms with Crippen molar-refractivity contribution in [2.24, 2.45) is 0 Å². The Labute approximate surface area is 177 Å². The van der Waals surface area contributed by atoms with E-state index in [-0.39, 0.29) is 11.8 Å². The number of hydrogen-bond acceptors (Lipinski definition) is 4. The third kappa shape index (κ3) is 6.06. The first kappa shape index (κ1) is 22.9. The first-order valence-electron chi connectivity index (χ1n) is 9.99. The summed E-state index contributed by atoms with van der Waals surface area (Å²) in [5, 5.41) is 8.30. The van der Waals surface area contributed by atoms with Crippen molar-refractivity contribution in [3.63, 3.8) is 0 Å². The summed E-state index contributed by atoms with van der Waals surface area (Å²) < 4.78 is 5.95. The fourth-order valence-corrected chi connectivity index (χ4v) is 2.75. The summed E-state index contributed by atoms with van der Waals surface area (Å²) in [5.41, 5.74) is 3.03. The van der Waals surface area contributed by atoms with Crippen LogP contribution in [0.15, 0.2) is 65.1 Å². The van der Waals surface area contributed by atoms with Gasteiger partial charge in [-0.3, -0.25) is 9.59 Å². The van der Waals surface area contributed by atoms with Crippen LogP contribution in [0.2, 0.25) is 0 Å². The molecule has 3 N–H and O–H groups in total. The van der Waals surface area contributed by atoms with Gasteiger partial charge in [-0.25, -0.2) is 0 Å². The van der Waals surface area contributed by atoms with Gasteiger partial charge in [0.1, 0.15) is 11.5 Å². The zero-order valence-electron chi connectivity index (χ0n) is 17.9. The lowest BCUT2D eigenvalue weighted by Gasteiger charge is -2.04. The second-order valence-corrected chi connectivity index (χ2v) is 6.54. The number of benzene rings is 2. The predicted molar refractivity (Wildman–Crippen MR) is 121 cm³/mol. The zero-order valence-corrected chi connectivity index (χ0v) is 17.9. The minimum Gasteiger partial charge on any atom is -0.456 e. The maximum Gasteiger partial charge on any atom is 0.251 e. The molecule has 2 amide bonds. The van der Waals surface area contributed by atoms with E-state index in [1.807, 2.05) is 64.3 Å². The van der Waals surface area contributed by atoms with Crippen LogP contribution in [-0.2, 0) is 0 Å². The van der Waals surface area contributed by atoms with Gasteiger partial charge < -0.3 is 20.4 Å². The fraction of sp³-hybridized carbons (Fsp3) is 0.250. The van der Waals surface area contributed by atoms with E-state index in [2.05, 4.69) is 16.0 Å². The van der Waals surface area contributed by atoms with Crippen LogP contribution in [-0.4, -0.2) is 39.0 Å². The number of nitrogens with one attached hydrogen (secondary N) is 3. The van der Waals surface area contributed by atoms with Crippen molar-refractivity contribution < 1.29 is 14.0 Å². The highest BCUT2D eigenvalue weighted by molar-refractivity contribution is 5.95. The normalized spacial score (nSPS) is 10.0. The second-order valence-electron chi connectivity index (χ2n) is 6.54. The van der Waals surface area contributed by atoms with Crippen LogP contribution in [0.5, 0.6) is 0 Å². The molecule has 0 aliphatic heterocycles. The Morgan fingerprint density at radius 3 is 1.30 bits per heavy atom. The molecule has 0 unspecified atom stereocenters. The van der Waals surface area contributed by atoms with Gasteiger partial charge in [-0.15, -0.1) is 0 Å². The molecule has 158 valence electrons. The summed E-state index contributed by atoms with van der Waals surface area (Å²) in [6.45, 7) is 4.97. The molecule has 0 radical (unpaired) electrons. The van der Waals surface area contributed by atoms with E-state index in [0.29, 0.717) is 24.2 Å². The molecule has 6 nitrogen and oxygen atoms in total. The van der Waals surface area contributed by atoms with Crippen molar-refractivity contribution in [3.8, 4) is 22.6 Å². The summed E-state index contributed by atoms with van der Waals surface area (Å²) in [7, 11) is 3.75. The lowest BCUT2D eigenvalue weighted by Crippen LogP contribution is -2.22. The molecule has 30 heavy (non-hydrogen) atoms. The van der Waals surface area contributed by atoms with Gasteiger partial charge in [0.15, 0.2) is 0 Å². The SMILES string of the molecule is CCNC(=O)c1ccc(-c2ccc(-c3ccc(C(=O)NCC)cc3)o2)cc1.CNC. The molecule has 0 bridgehead atoms. The molecular weight excluding hydrogens is 378 g/mol. The predicted octanol–water partition coefficient (Wildman–Crippen LogP) is 3.95. The number of amides is 2. The smallest absolute Gasteiger partial charge is 0.251 e. The molecule has 1 aromatic heterocycles. The summed E-state index contributed by atoms with van der Waals surface area (Å²) in [6, 6.07) is 18.4. The topological polar surface area (TPSA) is 83.4 Å². The van der Waals surface area contributed by atoms with Crippen LogP contribution >= 0.6 is 0 Å². The molecule has 3 rings (SSSR count). The van der Waals surface area contributed by atoms with E-state index < -0.39 is 0 Å². The maximum absolute atomic E-state index is 11.8. The minimum absolute atomic E-state index is 0.0867. The summed E-state index contributed by atoms with van der Waals surface area (Å²) in [4.78, 5) is 23.7. The van der Waals surface area contributed by atoms with Gasteiger partial charge in [0, 0.05) is 35.3 Å². The Hall–Kier alpha value is -3.38. The lowest BCUT2D eigenvalue weighted by molar-refractivity contribution is 0.0947. The van der Waals surface area contributed by atoms with Crippen LogP contribution in [0.3, 0.4) is 0 Å². The van der Waals surface area contributed by atoms with Crippen LogP contribution in [0.1, 0.15) is 34.6 Å². The highest BCUT2D eigenvalue weighted by Crippen LogP contribution is 2.28. The van der Waals surface area contributed by atoms with Crippen LogP contribution in [0, 0.1) is 0 Å². The van der Waals surface area contributed by atoms with Crippen molar-refractivity contribution in [2.45, 2.75) is 13.8 Å². The zero-order chi connectivity index (χ0) is 21.9. The van der Waals surface area contributed by atoms with Crippen molar-refractivity contribution in [1.29, 1.82) is 0 Å². The molecule has 0 aliphatic rings. The number of hydrogen-bond donors (Lipinski definition) is 3. The first-order valence-corrected chi connectivity index (χ1v) is 9.99. The van der Waals surface area contributed by atoms with E-state index in [1.54, 1.807) is 24.3 Å². The fourth-order valence-electron chi connectivity index (χ4n) is 2.75. The van der Waals surface area contributed by atoms with Gasteiger partial charge in [-0.05, 0) is 64.3 Å². The molecule has 0 saturated carbocycles. The summed E-state index contributed by atoms with van der Waals surface area (Å²) in [5.74, 6) is 1.27. The Morgan fingerprint density at radius 2 is 1.00 bits per heavy atom. The molecule has 0 fully saturated rings. The molecule has 3 aromatic rings. The summed E-state index contributed by atoms with van der Waals surface area (Å²) >= 11 is 0. The van der Waals surface area contributed by atoms with Crippen molar-refractivity contribution >= 4 is 11.8 Å². The Kier molecular flexibility index (Phi) is 8.84. The van der Waals surface area contributed by atoms with E-state index >= 15 is 0 Å². The number of furan rings is 1. The monoisotopic (exact) mass is 407 g/mol. The first-order chi connectivity index (χ1) is 14.5. The molecule has 0 saturated heterocycles. The van der Waals surface area contributed by atoms with E-state index in [1.165, 1.54) is 0 Å². The molecule has 0 aliphatic carbocycles. The quantitative estimate of drug-likeness (QED) is 0.578. The molecule has 6 heteroatoms. The van der Waals surface area contributed by atoms with Crippen molar-refractivity contribution in [1.82, 2.24) is 16.0 Å². The molecule has 0 atom stereocenters. The van der Waals surface area contributed by atoms with E-state index in [9.17, 15) is 9.59 Å². The van der Waals surface area contributed by atoms with Crippen molar-refractivity contribution in [2.75, 3.05) is 27.2 Å². The highest BCUT2D eigenvalue weighted by Gasteiger charge is 2.10. The van der Waals surface area contributed by atoms with Gasteiger partial charge >= 0.3 is 0 Å². The molecule has 0 spiro atoms. The van der Waals surface area contributed by atoms with E-state index in [4.69, 9.17) is 4.42 Å². The molecular formula is C24H29N3O3. The molecule has 1 heterocycles. The van der Waals surface area contributed by atoms with Gasteiger partial charge in [0.05, 0.1) is 0 Å². The summed E-state index contributed by atoms with van der Waals surface area (Å²) in [6.07, 6.45) is 0. The average molecular weight is 408 g/mol. The third-order valence-corrected chi connectivity index (χ3v) is 4.14. The number of rotatable bonds is 6. The van der Waals surface area contributed by atoms with Crippen LogP contribution in [0.25, 0.3) is 22.6 Å². The third-order valence-electron chi connectivity index (χ3n) is 4.14. The van der Waals surface area contributed by atoms with Gasteiger partial charge in [0.2, 0.25) is 0 Å². The Morgan fingerprint density at radius 1 is 0.667 bits per heavy atom. The largest absolute Gasteiger partial charge is 0.456 e. The standard InChI is InChI=1S/C22H22N2O3.C2H7N/c1-3-23-21(25)17-9-5-15(6-10-17)19-13-14-20(27-19)16-7-11-18(12-8-16)22(26)24-4-2;1-3-2/h5-14H,3-4H2,1-2H3,(H,23,25)(H,24,26);3H,1-2H3. The van der Waals surface area contributed by atoms with Gasteiger partial charge in [-0.1, -0.05) is 24.3 Å². The molecule has 2 aromatic carbocycles. The highest BCUT2D eigenvalue weighted by atomic mass is 16.3. The Balaban J connectivity index is 0.00000101. The van der Waals surface area contributed by atoms with Gasteiger partial charge in [0.25, 0.3) is 11.8 Å². The second kappa shape index (κ2) is 11.6. The van der Waals surface area contributed by atoms with Gasteiger partial charge in [-0.2, -0.15) is 0 Å². The Bertz CT molecular complexity index is 869. The lowest BCUT2D eigenvalue weighted by atomic mass is 10.1. The average Bonchev–Trinajstić information content (AvgIpc) is 3.25. The van der Waals surface area contributed by atoms with Crippen LogP contribution < -0.4 is 16.0 Å². The minimum atomic E-state index is -0.0867. The maximum atomic E-state index is 11.8.